The fourth-order valence-corrected chi connectivity index (χ4v) is 2.99. The molecule has 6 heteroatoms. The highest BCUT2D eigenvalue weighted by Crippen LogP contribution is 2.23. The van der Waals surface area contributed by atoms with Crippen LogP contribution in [0.5, 0.6) is 0 Å². The van der Waals surface area contributed by atoms with Crippen LogP contribution < -0.4 is 10.6 Å². The number of hydrogen-bond donors (Lipinski definition) is 2. The number of esters is 1. The summed E-state index contributed by atoms with van der Waals surface area (Å²) in [5.74, 6) is -1.08. The van der Waals surface area contributed by atoms with E-state index in [2.05, 4.69) is 10.6 Å². The fourth-order valence-electron chi connectivity index (χ4n) is 2.99. The molecule has 0 saturated heterocycles. The Labute approximate surface area is 175 Å². The third-order valence-electron chi connectivity index (χ3n) is 4.55. The minimum absolute atomic E-state index is 0.0702. The summed E-state index contributed by atoms with van der Waals surface area (Å²) in [4.78, 5) is 35.9. The van der Waals surface area contributed by atoms with Gasteiger partial charge in [-0.3, -0.25) is 14.4 Å². The Kier molecular flexibility index (Phi) is 7.16. The summed E-state index contributed by atoms with van der Waals surface area (Å²) in [7, 11) is 0. The highest BCUT2D eigenvalue weighted by Gasteiger charge is 2.10. The minimum atomic E-state index is -0.507. The lowest BCUT2D eigenvalue weighted by Gasteiger charge is -2.09. The Hall–Kier alpha value is -3.67. The lowest BCUT2D eigenvalue weighted by atomic mass is 10.1. The summed E-state index contributed by atoms with van der Waals surface area (Å²) in [6.45, 7) is 1.60. The van der Waals surface area contributed by atoms with Crippen molar-refractivity contribution in [1.29, 1.82) is 0 Å². The van der Waals surface area contributed by atoms with Gasteiger partial charge in [0.1, 0.15) is 0 Å². The van der Waals surface area contributed by atoms with Crippen LogP contribution in [0.25, 0.3) is 10.8 Å². The third kappa shape index (κ3) is 6.17. The number of fused-ring (bicyclic) bond motifs is 1. The zero-order valence-electron chi connectivity index (χ0n) is 16.8. The minimum Gasteiger partial charge on any atom is -0.456 e. The van der Waals surface area contributed by atoms with Crippen molar-refractivity contribution in [3.63, 3.8) is 0 Å². The van der Waals surface area contributed by atoms with Crippen LogP contribution in [-0.2, 0) is 19.1 Å². The number of anilines is 2. The lowest BCUT2D eigenvalue weighted by molar-refractivity contribution is -0.147. The molecule has 0 aliphatic heterocycles. The van der Waals surface area contributed by atoms with E-state index in [1.165, 1.54) is 0 Å². The van der Waals surface area contributed by atoms with E-state index >= 15 is 0 Å². The molecule has 6 nitrogen and oxygen atoms in total. The second kappa shape index (κ2) is 10.2. The number of nitrogens with one attached hydrogen (secondary N) is 2. The molecule has 154 valence electrons. The molecular weight excluding hydrogens is 380 g/mol. The Bertz CT molecular complexity index is 1040. The van der Waals surface area contributed by atoms with Gasteiger partial charge in [0.05, 0.1) is 0 Å². The number of benzene rings is 3. The zero-order chi connectivity index (χ0) is 21.3. The number of rotatable bonds is 8. The summed E-state index contributed by atoms with van der Waals surface area (Å²) in [6.07, 6.45) is 0.601. The van der Waals surface area contributed by atoms with Crippen molar-refractivity contribution in [3.05, 3.63) is 72.3 Å². The largest absolute Gasteiger partial charge is 0.456 e. The Morgan fingerprint density at radius 3 is 2.33 bits per heavy atom. The van der Waals surface area contributed by atoms with Crippen LogP contribution in [0.4, 0.5) is 11.4 Å². The Balaban J connectivity index is 1.37. The molecule has 0 atom stereocenters. The summed E-state index contributed by atoms with van der Waals surface area (Å²) in [5.41, 5.74) is 2.48. The van der Waals surface area contributed by atoms with Crippen LogP contribution >= 0.6 is 0 Å². The molecule has 3 rings (SSSR count). The van der Waals surface area contributed by atoms with Crippen molar-refractivity contribution in [1.82, 2.24) is 0 Å². The first-order valence-corrected chi connectivity index (χ1v) is 9.81. The number of ether oxygens (including phenoxy) is 1. The van der Waals surface area contributed by atoms with E-state index in [-0.39, 0.29) is 25.4 Å². The van der Waals surface area contributed by atoms with Gasteiger partial charge in [0, 0.05) is 29.6 Å². The Morgan fingerprint density at radius 2 is 1.53 bits per heavy atom. The number of carbonyl (C=O) groups excluding carboxylic acids is 3. The summed E-state index contributed by atoms with van der Waals surface area (Å²) < 4.78 is 4.97. The van der Waals surface area contributed by atoms with Crippen LogP contribution in [0.1, 0.15) is 24.8 Å². The Morgan fingerprint density at radius 1 is 0.800 bits per heavy atom. The van der Waals surface area contributed by atoms with E-state index in [1.54, 1.807) is 12.1 Å². The number of amides is 2. The van der Waals surface area contributed by atoms with Crippen molar-refractivity contribution < 1.29 is 19.1 Å². The molecule has 0 spiro atoms. The average molecular weight is 404 g/mol. The third-order valence-corrected chi connectivity index (χ3v) is 4.55. The van der Waals surface area contributed by atoms with Gasteiger partial charge in [-0.15, -0.1) is 0 Å². The molecule has 0 aliphatic rings. The van der Waals surface area contributed by atoms with Crippen molar-refractivity contribution in [2.45, 2.75) is 26.2 Å². The van der Waals surface area contributed by atoms with Gasteiger partial charge in [0.2, 0.25) is 5.91 Å². The number of hydrogen-bond acceptors (Lipinski definition) is 4. The molecule has 3 aromatic carbocycles. The van der Waals surface area contributed by atoms with Crippen molar-refractivity contribution in [2.75, 3.05) is 17.2 Å². The smallest absolute Gasteiger partial charge is 0.306 e. The molecule has 30 heavy (non-hydrogen) atoms. The quantitative estimate of drug-likeness (QED) is 0.544. The molecule has 0 aliphatic carbocycles. The van der Waals surface area contributed by atoms with Crippen LogP contribution in [0.2, 0.25) is 0 Å². The molecule has 2 N–H and O–H groups in total. The van der Waals surface area contributed by atoms with Crippen LogP contribution in [0.3, 0.4) is 0 Å². The van der Waals surface area contributed by atoms with Gasteiger partial charge >= 0.3 is 5.97 Å². The SMILES string of the molecule is Cc1ccc(NC(=O)COC(=O)CCCC(=O)Nc2cccc3ccccc23)cc1. The van der Waals surface area contributed by atoms with Gasteiger partial charge in [0.15, 0.2) is 6.61 Å². The van der Waals surface area contributed by atoms with Crippen molar-refractivity contribution in [2.24, 2.45) is 0 Å². The molecule has 0 heterocycles. The van der Waals surface area contributed by atoms with E-state index < -0.39 is 11.9 Å². The van der Waals surface area contributed by atoms with E-state index in [9.17, 15) is 14.4 Å². The maximum absolute atomic E-state index is 12.2. The molecule has 0 bridgehead atoms. The molecule has 0 fully saturated rings. The molecular formula is C24H24N2O4. The summed E-state index contributed by atoms with van der Waals surface area (Å²) in [5, 5.41) is 7.55. The van der Waals surface area contributed by atoms with Gasteiger partial charge in [-0.05, 0) is 36.9 Å². The maximum Gasteiger partial charge on any atom is 0.306 e. The molecule has 0 unspecified atom stereocenters. The van der Waals surface area contributed by atoms with Gasteiger partial charge in [-0.1, -0.05) is 54.1 Å². The van der Waals surface area contributed by atoms with Gasteiger partial charge < -0.3 is 15.4 Å². The van der Waals surface area contributed by atoms with E-state index in [4.69, 9.17) is 4.74 Å². The monoisotopic (exact) mass is 404 g/mol. The zero-order valence-corrected chi connectivity index (χ0v) is 16.8. The topological polar surface area (TPSA) is 84.5 Å². The molecule has 3 aromatic rings. The van der Waals surface area contributed by atoms with Crippen molar-refractivity contribution >= 4 is 39.9 Å². The number of aryl methyl sites for hydroxylation is 1. The first-order chi connectivity index (χ1) is 14.5. The maximum atomic E-state index is 12.2. The van der Waals surface area contributed by atoms with E-state index in [0.717, 1.165) is 22.0 Å². The second-order valence-electron chi connectivity index (χ2n) is 7.00. The predicted molar refractivity (Wildman–Crippen MR) is 117 cm³/mol. The standard InChI is InChI=1S/C24H24N2O4/c1-17-12-14-19(15-13-17)25-23(28)16-30-24(29)11-5-10-22(27)26-21-9-4-7-18-6-2-3-8-20(18)21/h2-4,6-9,12-15H,5,10-11,16H2,1H3,(H,25,28)(H,26,27). The van der Waals surface area contributed by atoms with Crippen LogP contribution in [0.15, 0.2) is 66.7 Å². The highest BCUT2D eigenvalue weighted by molar-refractivity contribution is 6.02. The van der Waals surface area contributed by atoms with Gasteiger partial charge in [-0.2, -0.15) is 0 Å². The normalized spacial score (nSPS) is 10.4. The molecule has 2 amide bonds. The van der Waals surface area contributed by atoms with E-state index in [1.807, 2.05) is 61.5 Å². The molecule has 0 radical (unpaired) electrons. The summed E-state index contributed by atoms with van der Waals surface area (Å²) in [6, 6.07) is 20.8. The predicted octanol–water partition coefficient (Wildman–Crippen LogP) is 4.44. The highest BCUT2D eigenvalue weighted by atomic mass is 16.5. The summed E-state index contributed by atoms with van der Waals surface area (Å²) >= 11 is 0. The van der Waals surface area contributed by atoms with Gasteiger partial charge in [-0.25, -0.2) is 0 Å². The molecule has 0 aromatic heterocycles. The van der Waals surface area contributed by atoms with Gasteiger partial charge in [0.25, 0.3) is 5.91 Å². The molecule has 0 saturated carbocycles. The number of carbonyl (C=O) groups is 3. The first kappa shape index (κ1) is 21.0. The van der Waals surface area contributed by atoms with Crippen LogP contribution in [0, 0.1) is 6.92 Å². The van der Waals surface area contributed by atoms with E-state index in [0.29, 0.717) is 12.1 Å². The second-order valence-corrected chi connectivity index (χ2v) is 7.00. The average Bonchev–Trinajstić information content (AvgIpc) is 2.74. The van der Waals surface area contributed by atoms with Crippen LogP contribution in [-0.4, -0.2) is 24.4 Å². The van der Waals surface area contributed by atoms with Crippen molar-refractivity contribution in [3.8, 4) is 0 Å². The fraction of sp³-hybridized carbons (Fsp3) is 0.208. The first-order valence-electron chi connectivity index (χ1n) is 9.81. The lowest BCUT2D eigenvalue weighted by Crippen LogP contribution is -2.21.